The number of hydrogen-bond donors (Lipinski definition) is 1. The molecule has 0 amide bonds. The average molecular weight is 191 g/mol. The molecule has 1 N–H and O–H groups in total. The van der Waals surface area contributed by atoms with Crippen molar-refractivity contribution in [2.75, 3.05) is 0 Å². The highest BCUT2D eigenvalue weighted by molar-refractivity contribution is 5.31. The minimum absolute atomic E-state index is 0.0196. The summed E-state index contributed by atoms with van der Waals surface area (Å²) in [5, 5.41) is 3.51. The fraction of sp³-hybridized carbons (Fsp3) is 0.500. The summed E-state index contributed by atoms with van der Waals surface area (Å²) in [4.78, 5) is 0. The van der Waals surface area contributed by atoms with Crippen LogP contribution < -0.4 is 5.32 Å². The zero-order valence-electron chi connectivity index (χ0n) is 8.09. The van der Waals surface area contributed by atoms with Crippen LogP contribution in [0.5, 0.6) is 0 Å². The number of nitrogens with one attached hydrogen (secondary N) is 1. The van der Waals surface area contributed by atoms with Gasteiger partial charge >= 0.3 is 0 Å². The van der Waals surface area contributed by atoms with E-state index in [1.807, 2.05) is 12.1 Å². The second-order valence-electron chi connectivity index (χ2n) is 4.50. The van der Waals surface area contributed by atoms with Crippen molar-refractivity contribution in [3.8, 4) is 0 Å². The molecule has 2 heteroatoms. The van der Waals surface area contributed by atoms with Gasteiger partial charge in [-0.05, 0) is 31.7 Å². The lowest BCUT2D eigenvalue weighted by molar-refractivity contribution is 0.0654. The monoisotopic (exact) mass is 191 g/mol. The fourth-order valence-electron chi connectivity index (χ4n) is 2.96. The highest BCUT2D eigenvalue weighted by atomic mass is 19.1. The Hall–Kier alpha value is -0.890. The van der Waals surface area contributed by atoms with Gasteiger partial charge in [-0.2, -0.15) is 0 Å². The maximum Gasteiger partial charge on any atom is 0.128 e. The van der Waals surface area contributed by atoms with Gasteiger partial charge in [0, 0.05) is 17.1 Å². The van der Waals surface area contributed by atoms with Crippen molar-refractivity contribution in [2.24, 2.45) is 0 Å². The molecule has 3 aliphatic rings. The smallest absolute Gasteiger partial charge is 0.128 e. The molecule has 1 nitrogen and oxygen atoms in total. The van der Waals surface area contributed by atoms with Crippen molar-refractivity contribution in [3.05, 3.63) is 35.6 Å². The van der Waals surface area contributed by atoms with Crippen LogP contribution in [0, 0.1) is 5.82 Å². The molecule has 1 saturated carbocycles. The number of rotatable bonds is 1. The first-order chi connectivity index (χ1) is 6.80. The Morgan fingerprint density at radius 2 is 2.14 bits per heavy atom. The second-order valence-corrected chi connectivity index (χ2v) is 4.50. The number of hydrogen-bond acceptors (Lipinski definition) is 1. The van der Waals surface area contributed by atoms with Crippen LogP contribution in [0.1, 0.15) is 31.2 Å². The van der Waals surface area contributed by atoms with Crippen LogP contribution in [0.3, 0.4) is 0 Å². The van der Waals surface area contributed by atoms with Crippen molar-refractivity contribution in [2.45, 2.75) is 37.3 Å². The topological polar surface area (TPSA) is 12.0 Å². The second kappa shape index (κ2) is 2.80. The summed E-state index contributed by atoms with van der Waals surface area (Å²) in [7, 11) is 0. The number of benzene rings is 1. The molecule has 0 aromatic heterocycles. The molecule has 3 fully saturated rings. The summed E-state index contributed by atoms with van der Waals surface area (Å²) in [6, 6.07) is 7.81. The largest absolute Gasteiger partial charge is 0.304 e. The number of halogens is 1. The first-order valence-corrected chi connectivity index (χ1v) is 5.33. The van der Waals surface area contributed by atoms with Crippen LogP contribution in [-0.4, -0.2) is 6.04 Å². The molecule has 74 valence electrons. The third-order valence-corrected chi connectivity index (χ3v) is 3.62. The summed E-state index contributed by atoms with van der Waals surface area (Å²) in [6.45, 7) is 0. The van der Waals surface area contributed by atoms with E-state index >= 15 is 0 Å². The SMILES string of the molecule is Fc1ccccc1C12CCCC(C1)N2. The van der Waals surface area contributed by atoms with E-state index in [0.29, 0.717) is 6.04 Å². The van der Waals surface area contributed by atoms with Gasteiger partial charge in [0.05, 0.1) is 0 Å². The molecule has 2 aliphatic heterocycles. The Morgan fingerprint density at radius 1 is 1.36 bits per heavy atom. The first-order valence-electron chi connectivity index (χ1n) is 5.33. The number of piperidine rings is 1. The van der Waals surface area contributed by atoms with Crippen molar-refractivity contribution in [1.82, 2.24) is 5.32 Å². The van der Waals surface area contributed by atoms with E-state index < -0.39 is 0 Å². The third-order valence-electron chi connectivity index (χ3n) is 3.62. The molecule has 1 aliphatic carbocycles. The van der Waals surface area contributed by atoms with Crippen LogP contribution >= 0.6 is 0 Å². The van der Waals surface area contributed by atoms with E-state index in [1.54, 1.807) is 12.1 Å². The van der Waals surface area contributed by atoms with Gasteiger partial charge in [0.15, 0.2) is 0 Å². The normalized spacial score (nSPS) is 35.1. The Morgan fingerprint density at radius 3 is 2.79 bits per heavy atom. The van der Waals surface area contributed by atoms with E-state index in [-0.39, 0.29) is 11.4 Å². The summed E-state index contributed by atoms with van der Waals surface area (Å²) in [5.74, 6) is -0.0552. The minimum Gasteiger partial charge on any atom is -0.304 e. The van der Waals surface area contributed by atoms with Gasteiger partial charge in [0.25, 0.3) is 0 Å². The maximum absolute atomic E-state index is 13.6. The van der Waals surface area contributed by atoms with Gasteiger partial charge in [-0.3, -0.25) is 0 Å². The van der Waals surface area contributed by atoms with E-state index in [1.165, 1.54) is 12.8 Å². The van der Waals surface area contributed by atoms with E-state index in [4.69, 9.17) is 0 Å². The van der Waals surface area contributed by atoms with Crippen LogP contribution in [0.25, 0.3) is 0 Å². The zero-order chi connectivity index (χ0) is 9.60. The van der Waals surface area contributed by atoms with Gasteiger partial charge in [0.2, 0.25) is 0 Å². The predicted octanol–water partition coefficient (Wildman–Crippen LogP) is 2.57. The van der Waals surface area contributed by atoms with Crippen molar-refractivity contribution in [3.63, 3.8) is 0 Å². The Balaban J connectivity index is 1.99. The van der Waals surface area contributed by atoms with Crippen molar-refractivity contribution in [1.29, 1.82) is 0 Å². The van der Waals surface area contributed by atoms with Gasteiger partial charge in [0.1, 0.15) is 5.82 Å². The van der Waals surface area contributed by atoms with Gasteiger partial charge in [-0.25, -0.2) is 4.39 Å². The standard InChI is InChI=1S/C12H14FN/c13-11-6-2-1-5-10(11)12-7-3-4-9(8-12)14-12/h1-2,5-6,9,14H,3-4,7-8H2. The summed E-state index contributed by atoms with van der Waals surface area (Å²) in [5.41, 5.74) is 0.852. The Bertz CT molecular complexity index is 350. The number of fused-ring (bicyclic) bond motifs is 2. The lowest BCUT2D eigenvalue weighted by Crippen LogP contribution is -2.64. The predicted molar refractivity (Wildman–Crippen MR) is 53.5 cm³/mol. The van der Waals surface area contributed by atoms with Crippen LogP contribution in [0.4, 0.5) is 4.39 Å². The molecule has 2 heterocycles. The van der Waals surface area contributed by atoms with E-state index in [2.05, 4.69) is 5.32 Å². The molecule has 2 atom stereocenters. The van der Waals surface area contributed by atoms with E-state index in [0.717, 1.165) is 18.4 Å². The molecule has 14 heavy (non-hydrogen) atoms. The molecule has 1 aromatic rings. The summed E-state index contributed by atoms with van der Waals surface area (Å²) >= 11 is 0. The van der Waals surface area contributed by atoms with Gasteiger partial charge in [-0.15, -0.1) is 0 Å². The summed E-state index contributed by atoms with van der Waals surface area (Å²) in [6.07, 6.45) is 4.70. The minimum atomic E-state index is -0.0552. The zero-order valence-corrected chi connectivity index (χ0v) is 8.09. The molecule has 4 rings (SSSR count). The lowest BCUT2D eigenvalue weighted by Gasteiger charge is -2.54. The molecule has 1 aromatic carbocycles. The molecular formula is C12H14FN. The Labute approximate surface area is 83.3 Å². The molecule has 2 saturated heterocycles. The van der Waals surface area contributed by atoms with Crippen LogP contribution in [0.2, 0.25) is 0 Å². The summed E-state index contributed by atoms with van der Waals surface area (Å²) < 4.78 is 13.6. The molecule has 0 radical (unpaired) electrons. The van der Waals surface area contributed by atoms with E-state index in [9.17, 15) is 4.39 Å². The highest BCUT2D eigenvalue weighted by Gasteiger charge is 2.48. The fourth-order valence-corrected chi connectivity index (χ4v) is 2.96. The lowest BCUT2D eigenvalue weighted by atomic mass is 9.67. The van der Waals surface area contributed by atoms with Gasteiger partial charge in [-0.1, -0.05) is 18.2 Å². The maximum atomic E-state index is 13.6. The third kappa shape index (κ3) is 1.04. The Kier molecular flexibility index (Phi) is 1.68. The van der Waals surface area contributed by atoms with Crippen molar-refractivity contribution >= 4 is 0 Å². The molecule has 0 spiro atoms. The molecular weight excluding hydrogens is 177 g/mol. The highest BCUT2D eigenvalue weighted by Crippen LogP contribution is 2.46. The van der Waals surface area contributed by atoms with Gasteiger partial charge < -0.3 is 5.32 Å². The quantitative estimate of drug-likeness (QED) is 0.719. The van der Waals surface area contributed by atoms with Crippen LogP contribution in [0.15, 0.2) is 24.3 Å². The first kappa shape index (κ1) is 8.42. The molecule has 2 unspecified atom stereocenters. The van der Waals surface area contributed by atoms with Crippen LogP contribution in [-0.2, 0) is 5.54 Å². The average Bonchev–Trinajstić information content (AvgIpc) is 2.18. The molecule has 2 bridgehead atoms. The van der Waals surface area contributed by atoms with Crippen molar-refractivity contribution < 1.29 is 4.39 Å².